The number of ether oxygens (including phenoxy) is 3. The van der Waals surface area contributed by atoms with Crippen molar-refractivity contribution in [3.63, 3.8) is 0 Å². The molecule has 0 aliphatic heterocycles. The van der Waals surface area contributed by atoms with Crippen molar-refractivity contribution in [2.45, 2.75) is 0 Å². The number of pyridine rings is 1. The Bertz CT molecular complexity index is 590. The first-order chi connectivity index (χ1) is 10.7. The van der Waals surface area contributed by atoms with E-state index in [2.05, 4.69) is 10.3 Å². The molecule has 0 bridgehead atoms. The lowest BCUT2D eigenvalue weighted by Gasteiger charge is -2.14. The van der Waals surface area contributed by atoms with Crippen LogP contribution in [0.25, 0.3) is 11.3 Å². The number of hydrogen-bond acceptors (Lipinski definition) is 6. The average molecular weight is 303 g/mol. The topological polar surface area (TPSA) is 78.6 Å². The van der Waals surface area contributed by atoms with E-state index in [1.807, 2.05) is 24.3 Å². The van der Waals surface area contributed by atoms with Gasteiger partial charge in [0, 0.05) is 18.7 Å². The van der Waals surface area contributed by atoms with Gasteiger partial charge in [0.25, 0.3) is 0 Å². The highest BCUT2D eigenvalue weighted by Gasteiger charge is 2.14. The molecule has 1 aromatic carbocycles. The number of hydrogen-bond donors (Lipinski definition) is 2. The van der Waals surface area contributed by atoms with Crippen molar-refractivity contribution in [3.8, 4) is 28.5 Å². The van der Waals surface area contributed by atoms with Crippen LogP contribution in [-0.4, -0.2) is 39.4 Å². The molecule has 0 aliphatic carbocycles. The predicted octanol–water partition coefficient (Wildman–Crippen LogP) is 2.14. The zero-order chi connectivity index (χ0) is 15.9. The number of nitrogens with one attached hydrogen (secondary N) is 1. The molecule has 6 heteroatoms. The Morgan fingerprint density at radius 2 is 1.73 bits per heavy atom. The molecule has 1 heterocycles. The molecule has 0 aliphatic rings. The first kappa shape index (κ1) is 15.9. The summed E-state index contributed by atoms with van der Waals surface area (Å²) >= 11 is 0. The summed E-state index contributed by atoms with van der Waals surface area (Å²) in [7, 11) is 4.76. The van der Waals surface area contributed by atoms with Gasteiger partial charge in [0.15, 0.2) is 11.5 Å². The fourth-order valence-corrected chi connectivity index (χ4v) is 2.11. The van der Waals surface area contributed by atoms with Crippen LogP contribution >= 0.6 is 0 Å². The molecule has 2 rings (SSSR count). The Labute approximate surface area is 130 Å². The Kier molecular flexibility index (Phi) is 5.43. The van der Waals surface area contributed by atoms with Crippen LogP contribution in [0.3, 0.4) is 0 Å². The standard InChI is InChI=1S/C16H21N3O3/c1-20-14-8-11(9-15(21-2)16(14)22-3)13-5-4-12(10-19-13)18-7-6-17/h4-5,8-10,18H,6-7,17H2,1-3H3. The lowest BCUT2D eigenvalue weighted by Crippen LogP contribution is -2.13. The smallest absolute Gasteiger partial charge is 0.203 e. The third-order valence-corrected chi connectivity index (χ3v) is 3.20. The summed E-state index contributed by atoms with van der Waals surface area (Å²) in [6.45, 7) is 1.29. The molecule has 1 aromatic heterocycles. The summed E-state index contributed by atoms with van der Waals surface area (Å²) < 4.78 is 16.0. The normalized spacial score (nSPS) is 10.2. The summed E-state index contributed by atoms with van der Waals surface area (Å²) in [5, 5.41) is 3.18. The number of rotatable bonds is 7. The van der Waals surface area contributed by atoms with Crippen LogP contribution in [0, 0.1) is 0 Å². The van der Waals surface area contributed by atoms with Gasteiger partial charge in [0.2, 0.25) is 5.75 Å². The van der Waals surface area contributed by atoms with Gasteiger partial charge < -0.3 is 25.3 Å². The fourth-order valence-electron chi connectivity index (χ4n) is 2.11. The van der Waals surface area contributed by atoms with E-state index in [1.165, 1.54) is 0 Å². The summed E-state index contributed by atoms with van der Waals surface area (Å²) in [5.74, 6) is 1.77. The fraction of sp³-hybridized carbons (Fsp3) is 0.312. The van der Waals surface area contributed by atoms with Crippen molar-refractivity contribution in [1.82, 2.24) is 4.98 Å². The van der Waals surface area contributed by atoms with E-state index in [1.54, 1.807) is 27.5 Å². The second kappa shape index (κ2) is 7.51. The van der Waals surface area contributed by atoms with Gasteiger partial charge in [0.1, 0.15) is 0 Å². The van der Waals surface area contributed by atoms with Crippen molar-refractivity contribution < 1.29 is 14.2 Å². The highest BCUT2D eigenvalue weighted by atomic mass is 16.5. The maximum atomic E-state index is 5.47. The van der Waals surface area contributed by atoms with Gasteiger partial charge in [-0.2, -0.15) is 0 Å². The molecular formula is C16H21N3O3. The quantitative estimate of drug-likeness (QED) is 0.816. The molecular weight excluding hydrogens is 282 g/mol. The van der Waals surface area contributed by atoms with E-state index in [0.717, 1.165) is 16.9 Å². The highest BCUT2D eigenvalue weighted by Crippen LogP contribution is 2.40. The van der Waals surface area contributed by atoms with Gasteiger partial charge in [-0.3, -0.25) is 4.98 Å². The van der Waals surface area contributed by atoms with Gasteiger partial charge in [-0.05, 0) is 24.3 Å². The van der Waals surface area contributed by atoms with Gasteiger partial charge in [-0.25, -0.2) is 0 Å². The number of nitrogens with two attached hydrogens (primary N) is 1. The lowest BCUT2D eigenvalue weighted by molar-refractivity contribution is 0.324. The van der Waals surface area contributed by atoms with Crippen LogP contribution < -0.4 is 25.3 Å². The van der Waals surface area contributed by atoms with Crippen molar-refractivity contribution in [2.24, 2.45) is 5.73 Å². The average Bonchev–Trinajstić information content (AvgIpc) is 2.58. The summed E-state index contributed by atoms with van der Waals surface area (Å²) in [5.41, 5.74) is 8.10. The second-order valence-corrected chi connectivity index (χ2v) is 4.56. The number of nitrogens with zero attached hydrogens (tertiary/aromatic N) is 1. The molecule has 0 radical (unpaired) electrons. The van der Waals surface area contributed by atoms with Crippen molar-refractivity contribution in [3.05, 3.63) is 30.5 Å². The SMILES string of the molecule is COc1cc(-c2ccc(NCCN)cn2)cc(OC)c1OC. The zero-order valence-corrected chi connectivity index (χ0v) is 13.1. The number of aromatic nitrogens is 1. The summed E-state index contributed by atoms with van der Waals surface area (Å²) in [6, 6.07) is 7.63. The first-order valence-corrected chi connectivity index (χ1v) is 6.93. The molecule has 3 N–H and O–H groups in total. The Morgan fingerprint density at radius 1 is 1.05 bits per heavy atom. The highest BCUT2D eigenvalue weighted by molar-refractivity contribution is 5.69. The third kappa shape index (κ3) is 3.40. The minimum atomic E-state index is 0.565. The first-order valence-electron chi connectivity index (χ1n) is 6.93. The molecule has 2 aromatic rings. The van der Waals surface area contributed by atoms with E-state index in [4.69, 9.17) is 19.9 Å². The van der Waals surface area contributed by atoms with E-state index < -0.39 is 0 Å². The van der Waals surface area contributed by atoms with Crippen molar-refractivity contribution in [1.29, 1.82) is 0 Å². The molecule has 0 spiro atoms. The van der Waals surface area contributed by atoms with E-state index in [9.17, 15) is 0 Å². The number of anilines is 1. The van der Waals surface area contributed by atoms with Crippen molar-refractivity contribution >= 4 is 5.69 Å². The van der Waals surface area contributed by atoms with Gasteiger partial charge in [-0.1, -0.05) is 0 Å². The number of benzene rings is 1. The predicted molar refractivity (Wildman–Crippen MR) is 86.9 cm³/mol. The van der Waals surface area contributed by atoms with E-state index in [0.29, 0.717) is 30.3 Å². The van der Waals surface area contributed by atoms with Crippen LogP contribution in [0.5, 0.6) is 17.2 Å². The van der Waals surface area contributed by atoms with Crippen LogP contribution in [0.2, 0.25) is 0 Å². The molecule has 0 fully saturated rings. The maximum Gasteiger partial charge on any atom is 0.203 e. The molecule has 6 nitrogen and oxygen atoms in total. The van der Waals surface area contributed by atoms with Crippen LogP contribution in [-0.2, 0) is 0 Å². The summed E-state index contributed by atoms with van der Waals surface area (Å²) in [4.78, 5) is 4.45. The monoisotopic (exact) mass is 303 g/mol. The molecule has 0 saturated carbocycles. The molecule has 0 atom stereocenters. The van der Waals surface area contributed by atoms with Gasteiger partial charge in [0.05, 0.1) is 38.9 Å². The van der Waals surface area contributed by atoms with Gasteiger partial charge >= 0.3 is 0 Å². The van der Waals surface area contributed by atoms with E-state index >= 15 is 0 Å². The second-order valence-electron chi connectivity index (χ2n) is 4.56. The summed E-state index contributed by atoms with van der Waals surface area (Å²) in [6.07, 6.45) is 1.77. The Morgan fingerprint density at radius 3 is 2.18 bits per heavy atom. The number of methoxy groups -OCH3 is 3. The van der Waals surface area contributed by atoms with Crippen LogP contribution in [0.15, 0.2) is 30.5 Å². The van der Waals surface area contributed by atoms with Gasteiger partial charge in [-0.15, -0.1) is 0 Å². The third-order valence-electron chi connectivity index (χ3n) is 3.20. The lowest BCUT2D eigenvalue weighted by atomic mass is 10.1. The molecule has 118 valence electrons. The molecule has 22 heavy (non-hydrogen) atoms. The van der Waals surface area contributed by atoms with Crippen LogP contribution in [0.4, 0.5) is 5.69 Å². The Balaban J connectivity index is 2.35. The van der Waals surface area contributed by atoms with E-state index in [-0.39, 0.29) is 0 Å². The molecule has 0 amide bonds. The zero-order valence-electron chi connectivity index (χ0n) is 13.1. The molecule has 0 unspecified atom stereocenters. The minimum absolute atomic E-state index is 0.565. The van der Waals surface area contributed by atoms with Crippen LogP contribution in [0.1, 0.15) is 0 Å². The minimum Gasteiger partial charge on any atom is -0.493 e. The largest absolute Gasteiger partial charge is 0.493 e. The maximum absolute atomic E-state index is 5.47. The Hall–Kier alpha value is -2.47. The van der Waals surface area contributed by atoms with Crippen molar-refractivity contribution in [2.75, 3.05) is 39.7 Å². The molecule has 0 saturated heterocycles.